The molecule has 0 unspecified atom stereocenters. The van der Waals surface area contributed by atoms with E-state index in [4.69, 9.17) is 9.15 Å². The molecule has 2 aromatic carbocycles. The fourth-order valence-corrected chi connectivity index (χ4v) is 3.61. The van der Waals surface area contributed by atoms with Gasteiger partial charge in [0.2, 0.25) is 0 Å². The van der Waals surface area contributed by atoms with E-state index in [0.717, 1.165) is 21.3 Å². The molecule has 0 saturated carbocycles. The van der Waals surface area contributed by atoms with E-state index in [0.29, 0.717) is 17.3 Å². The molecule has 0 aliphatic heterocycles. The van der Waals surface area contributed by atoms with Crippen LogP contribution in [-0.4, -0.2) is 18.0 Å². The first-order chi connectivity index (χ1) is 13.1. The Kier molecular flexibility index (Phi) is 4.60. The van der Waals surface area contributed by atoms with Crippen molar-refractivity contribution in [3.63, 3.8) is 0 Å². The first-order valence-corrected chi connectivity index (χ1v) is 9.02. The van der Waals surface area contributed by atoms with Crippen LogP contribution in [0.15, 0.2) is 59.0 Å². The highest BCUT2D eigenvalue weighted by atomic mass is 32.1. The number of nitrogens with zero attached hydrogens (tertiary/aromatic N) is 1. The molecular formula is C20H15FN2O3S. The Labute approximate surface area is 158 Å². The highest BCUT2D eigenvalue weighted by molar-refractivity contribution is 7.21. The molecule has 0 saturated heterocycles. The average Bonchev–Trinajstić information content (AvgIpc) is 3.32. The number of methoxy groups -OCH3 is 1. The number of amides is 1. The van der Waals surface area contributed by atoms with Gasteiger partial charge in [0.25, 0.3) is 5.91 Å². The van der Waals surface area contributed by atoms with Gasteiger partial charge in [-0.1, -0.05) is 12.1 Å². The lowest BCUT2D eigenvalue weighted by Gasteiger charge is -2.08. The molecule has 136 valence electrons. The van der Waals surface area contributed by atoms with Gasteiger partial charge in [-0.3, -0.25) is 4.79 Å². The van der Waals surface area contributed by atoms with Crippen LogP contribution in [-0.2, 0) is 6.54 Å². The largest absolute Gasteiger partial charge is 0.496 e. The molecule has 2 aromatic heterocycles. The van der Waals surface area contributed by atoms with E-state index in [-0.39, 0.29) is 12.1 Å². The number of hydrogen-bond acceptors (Lipinski definition) is 5. The second-order valence-electron chi connectivity index (χ2n) is 5.78. The van der Waals surface area contributed by atoms with E-state index in [2.05, 4.69) is 10.3 Å². The van der Waals surface area contributed by atoms with Gasteiger partial charge in [0, 0.05) is 0 Å². The summed E-state index contributed by atoms with van der Waals surface area (Å²) in [6, 6.07) is 15.3. The third kappa shape index (κ3) is 3.54. The molecule has 1 amide bonds. The van der Waals surface area contributed by atoms with Crippen molar-refractivity contribution in [1.82, 2.24) is 10.3 Å². The number of para-hydroxylation sites is 1. The average molecular weight is 382 g/mol. The Morgan fingerprint density at radius 3 is 2.89 bits per heavy atom. The van der Waals surface area contributed by atoms with Crippen LogP contribution in [0.3, 0.4) is 0 Å². The summed E-state index contributed by atoms with van der Waals surface area (Å²) in [6.45, 7) is 0.170. The van der Waals surface area contributed by atoms with E-state index < -0.39 is 11.7 Å². The zero-order chi connectivity index (χ0) is 18.8. The standard InChI is InChI=1S/C20H15FN2O3S/c1-25-16-8-6-12(21)10-14(16)19(24)22-11-13-7-9-17(26-13)20-23-15-4-2-3-5-18(15)27-20/h2-10H,11H2,1H3,(H,22,24). The number of carbonyl (C=O) groups excluding carboxylic acids is 1. The van der Waals surface area contributed by atoms with Crippen LogP contribution in [0.5, 0.6) is 5.75 Å². The topological polar surface area (TPSA) is 64.4 Å². The molecule has 2 heterocycles. The molecule has 27 heavy (non-hydrogen) atoms. The number of furan rings is 1. The van der Waals surface area contributed by atoms with E-state index in [1.165, 1.54) is 19.2 Å². The predicted molar refractivity (Wildman–Crippen MR) is 101 cm³/mol. The molecule has 0 fully saturated rings. The van der Waals surface area contributed by atoms with Gasteiger partial charge >= 0.3 is 0 Å². The van der Waals surface area contributed by atoms with Gasteiger partial charge < -0.3 is 14.5 Å². The summed E-state index contributed by atoms with van der Waals surface area (Å²) in [5.41, 5.74) is 1.05. The van der Waals surface area contributed by atoms with Crippen LogP contribution in [0.4, 0.5) is 4.39 Å². The molecule has 0 radical (unpaired) electrons. The van der Waals surface area contributed by atoms with E-state index in [9.17, 15) is 9.18 Å². The maximum atomic E-state index is 13.4. The lowest BCUT2D eigenvalue weighted by Crippen LogP contribution is -2.23. The lowest BCUT2D eigenvalue weighted by molar-refractivity contribution is 0.0944. The summed E-state index contributed by atoms with van der Waals surface area (Å²) in [5.74, 6) is 0.585. The molecular weight excluding hydrogens is 367 g/mol. The van der Waals surface area contributed by atoms with Crippen molar-refractivity contribution >= 4 is 27.5 Å². The van der Waals surface area contributed by atoms with Gasteiger partial charge in [0.1, 0.15) is 17.3 Å². The summed E-state index contributed by atoms with van der Waals surface area (Å²) in [6.07, 6.45) is 0. The van der Waals surface area contributed by atoms with Crippen LogP contribution in [0.2, 0.25) is 0 Å². The number of benzene rings is 2. The molecule has 7 heteroatoms. The predicted octanol–water partition coefficient (Wildman–Crippen LogP) is 4.63. The van der Waals surface area contributed by atoms with Gasteiger partial charge in [-0.2, -0.15) is 0 Å². The van der Waals surface area contributed by atoms with Crippen LogP contribution in [0.1, 0.15) is 16.1 Å². The van der Waals surface area contributed by atoms with Crippen molar-refractivity contribution in [2.24, 2.45) is 0 Å². The van der Waals surface area contributed by atoms with Crippen LogP contribution in [0.25, 0.3) is 21.0 Å². The van der Waals surface area contributed by atoms with E-state index >= 15 is 0 Å². The molecule has 0 aliphatic rings. The first kappa shape index (κ1) is 17.2. The number of hydrogen-bond donors (Lipinski definition) is 1. The van der Waals surface area contributed by atoms with Gasteiger partial charge in [-0.25, -0.2) is 9.37 Å². The zero-order valence-electron chi connectivity index (χ0n) is 14.4. The van der Waals surface area contributed by atoms with Gasteiger partial charge in [-0.05, 0) is 42.5 Å². The maximum absolute atomic E-state index is 13.4. The first-order valence-electron chi connectivity index (χ1n) is 8.20. The van der Waals surface area contributed by atoms with Crippen molar-refractivity contribution in [2.45, 2.75) is 6.54 Å². The zero-order valence-corrected chi connectivity index (χ0v) is 15.2. The molecule has 4 rings (SSSR count). The minimum atomic E-state index is -0.503. The monoisotopic (exact) mass is 382 g/mol. The molecule has 0 aliphatic carbocycles. The molecule has 0 atom stereocenters. The Hall–Kier alpha value is -3.19. The number of carbonyl (C=O) groups is 1. The Morgan fingerprint density at radius 2 is 2.07 bits per heavy atom. The third-order valence-corrected chi connectivity index (χ3v) is 5.05. The minimum Gasteiger partial charge on any atom is -0.496 e. The van der Waals surface area contributed by atoms with Crippen LogP contribution >= 0.6 is 11.3 Å². The quantitative estimate of drug-likeness (QED) is 0.546. The number of aromatic nitrogens is 1. The Balaban J connectivity index is 1.48. The maximum Gasteiger partial charge on any atom is 0.255 e. The van der Waals surface area contributed by atoms with Crippen molar-refractivity contribution in [1.29, 1.82) is 0 Å². The fourth-order valence-electron chi connectivity index (χ4n) is 2.69. The van der Waals surface area contributed by atoms with Crippen LogP contribution in [0, 0.1) is 5.82 Å². The van der Waals surface area contributed by atoms with Gasteiger partial charge in [0.15, 0.2) is 10.8 Å². The number of nitrogens with one attached hydrogen (secondary N) is 1. The molecule has 1 N–H and O–H groups in total. The number of ether oxygens (including phenoxy) is 1. The number of rotatable bonds is 5. The second-order valence-corrected chi connectivity index (χ2v) is 6.81. The molecule has 5 nitrogen and oxygen atoms in total. The summed E-state index contributed by atoms with van der Waals surface area (Å²) in [4.78, 5) is 16.9. The normalized spacial score (nSPS) is 10.9. The third-order valence-electron chi connectivity index (χ3n) is 4.00. The number of halogens is 1. The second kappa shape index (κ2) is 7.20. The summed E-state index contributed by atoms with van der Waals surface area (Å²) in [7, 11) is 1.43. The van der Waals surface area contributed by atoms with Gasteiger partial charge in [-0.15, -0.1) is 11.3 Å². The summed E-state index contributed by atoms with van der Waals surface area (Å²) >= 11 is 1.54. The highest BCUT2D eigenvalue weighted by Crippen LogP contribution is 2.31. The Morgan fingerprint density at radius 1 is 1.22 bits per heavy atom. The number of thiazole rings is 1. The summed E-state index contributed by atoms with van der Waals surface area (Å²) in [5, 5.41) is 3.49. The van der Waals surface area contributed by atoms with Crippen molar-refractivity contribution < 1.29 is 18.3 Å². The smallest absolute Gasteiger partial charge is 0.255 e. The minimum absolute atomic E-state index is 0.135. The van der Waals surface area contributed by atoms with E-state index in [1.807, 2.05) is 30.3 Å². The Bertz CT molecular complexity index is 1090. The van der Waals surface area contributed by atoms with Crippen molar-refractivity contribution in [2.75, 3.05) is 7.11 Å². The lowest BCUT2D eigenvalue weighted by atomic mass is 10.2. The molecule has 4 aromatic rings. The van der Waals surface area contributed by atoms with Crippen molar-refractivity contribution in [3.05, 3.63) is 71.7 Å². The van der Waals surface area contributed by atoms with Gasteiger partial charge in [0.05, 0.1) is 29.4 Å². The molecule has 0 spiro atoms. The number of fused-ring (bicyclic) bond motifs is 1. The summed E-state index contributed by atoms with van der Waals surface area (Å²) < 4.78 is 25.4. The fraction of sp³-hybridized carbons (Fsp3) is 0.100. The highest BCUT2D eigenvalue weighted by Gasteiger charge is 2.15. The van der Waals surface area contributed by atoms with Crippen LogP contribution < -0.4 is 10.1 Å². The van der Waals surface area contributed by atoms with Crippen molar-refractivity contribution in [3.8, 4) is 16.5 Å². The molecule has 0 bridgehead atoms. The van der Waals surface area contributed by atoms with E-state index in [1.54, 1.807) is 17.4 Å². The SMILES string of the molecule is COc1ccc(F)cc1C(=O)NCc1ccc(-c2nc3ccccc3s2)o1.